The molecule has 1 aliphatic heterocycles. The zero-order chi connectivity index (χ0) is 15.2. The summed E-state index contributed by atoms with van der Waals surface area (Å²) in [7, 11) is 1.69. The van der Waals surface area contributed by atoms with Crippen LogP contribution in [0.25, 0.3) is 0 Å². The summed E-state index contributed by atoms with van der Waals surface area (Å²) in [5.74, 6) is 1.76. The van der Waals surface area contributed by atoms with E-state index in [-0.39, 0.29) is 6.10 Å². The lowest BCUT2D eigenvalue weighted by Gasteiger charge is -2.24. The van der Waals surface area contributed by atoms with Crippen molar-refractivity contribution in [3.05, 3.63) is 46.2 Å². The van der Waals surface area contributed by atoms with Crippen LogP contribution in [0.3, 0.4) is 0 Å². The highest BCUT2D eigenvalue weighted by Crippen LogP contribution is 2.28. The van der Waals surface area contributed by atoms with E-state index in [1.54, 1.807) is 18.4 Å². The van der Waals surface area contributed by atoms with E-state index in [2.05, 4.69) is 28.9 Å². The Kier molecular flexibility index (Phi) is 5.32. The van der Waals surface area contributed by atoms with Crippen LogP contribution in [-0.4, -0.2) is 39.5 Å². The van der Waals surface area contributed by atoms with Gasteiger partial charge in [0.05, 0.1) is 13.7 Å². The van der Waals surface area contributed by atoms with Crippen molar-refractivity contribution >= 4 is 11.3 Å². The predicted molar refractivity (Wildman–Crippen MR) is 88.2 cm³/mol. The van der Waals surface area contributed by atoms with Crippen molar-refractivity contribution in [3.63, 3.8) is 0 Å². The Morgan fingerprint density at radius 1 is 1.36 bits per heavy atom. The molecular formula is C17H21NO3S. The molecule has 22 heavy (non-hydrogen) atoms. The highest BCUT2D eigenvalue weighted by molar-refractivity contribution is 7.09. The molecule has 0 bridgehead atoms. The molecule has 0 aliphatic carbocycles. The largest absolute Gasteiger partial charge is 0.497 e. The van der Waals surface area contributed by atoms with Crippen LogP contribution in [0.5, 0.6) is 11.5 Å². The molecule has 2 heterocycles. The molecule has 1 atom stereocenters. The minimum Gasteiger partial charge on any atom is -0.497 e. The van der Waals surface area contributed by atoms with Crippen LogP contribution in [0, 0.1) is 0 Å². The maximum Gasteiger partial charge on any atom is 0.123 e. The molecule has 2 aromatic rings. The molecule has 1 aromatic carbocycles. The Labute approximate surface area is 135 Å². The second-order valence-corrected chi connectivity index (χ2v) is 6.27. The summed E-state index contributed by atoms with van der Waals surface area (Å²) >= 11 is 1.76. The first kappa shape index (κ1) is 15.3. The molecule has 118 valence electrons. The summed E-state index contributed by atoms with van der Waals surface area (Å²) in [5.41, 5.74) is 1.14. The van der Waals surface area contributed by atoms with Gasteiger partial charge in [0, 0.05) is 30.0 Å². The number of methoxy groups -OCH3 is 1. The first-order valence-electron chi connectivity index (χ1n) is 7.49. The van der Waals surface area contributed by atoms with Gasteiger partial charge in [0.15, 0.2) is 0 Å². The lowest BCUT2D eigenvalue weighted by atomic mass is 10.1. The van der Waals surface area contributed by atoms with Gasteiger partial charge in [-0.1, -0.05) is 6.07 Å². The van der Waals surface area contributed by atoms with E-state index in [9.17, 15) is 0 Å². The van der Waals surface area contributed by atoms with Gasteiger partial charge < -0.3 is 19.5 Å². The molecular weight excluding hydrogens is 298 g/mol. The van der Waals surface area contributed by atoms with Gasteiger partial charge in [-0.2, -0.15) is 0 Å². The fourth-order valence-corrected chi connectivity index (χ4v) is 3.20. The van der Waals surface area contributed by atoms with E-state index in [0.717, 1.165) is 43.2 Å². The topological polar surface area (TPSA) is 39.7 Å². The van der Waals surface area contributed by atoms with Gasteiger partial charge in [0.25, 0.3) is 0 Å². The summed E-state index contributed by atoms with van der Waals surface area (Å²) in [4.78, 5) is 1.31. The molecule has 1 fully saturated rings. The Morgan fingerprint density at radius 3 is 3.05 bits per heavy atom. The quantitative estimate of drug-likeness (QED) is 0.889. The lowest BCUT2D eigenvalue weighted by Crippen LogP contribution is -2.41. The normalized spacial score (nSPS) is 18.1. The van der Waals surface area contributed by atoms with Gasteiger partial charge >= 0.3 is 0 Å². The first-order valence-corrected chi connectivity index (χ1v) is 8.37. The minimum absolute atomic E-state index is 0.116. The van der Waals surface area contributed by atoms with Crippen molar-refractivity contribution in [2.24, 2.45) is 0 Å². The van der Waals surface area contributed by atoms with Gasteiger partial charge in [-0.25, -0.2) is 0 Å². The summed E-state index contributed by atoms with van der Waals surface area (Å²) in [6.45, 7) is 3.08. The zero-order valence-corrected chi connectivity index (χ0v) is 13.5. The van der Waals surface area contributed by atoms with Crippen LogP contribution in [0.4, 0.5) is 0 Å². The number of thiophene rings is 1. The average molecular weight is 319 g/mol. The van der Waals surface area contributed by atoms with Crippen molar-refractivity contribution in [1.29, 1.82) is 0 Å². The van der Waals surface area contributed by atoms with E-state index >= 15 is 0 Å². The SMILES string of the molecule is COc1ccc(OCC2CNCCO2)c(Cc2cccs2)c1. The molecule has 0 amide bonds. The van der Waals surface area contributed by atoms with Crippen molar-refractivity contribution < 1.29 is 14.2 Å². The highest BCUT2D eigenvalue weighted by atomic mass is 32.1. The van der Waals surface area contributed by atoms with Crippen LogP contribution < -0.4 is 14.8 Å². The van der Waals surface area contributed by atoms with Crippen LogP contribution in [0.1, 0.15) is 10.4 Å². The molecule has 1 aromatic heterocycles. The van der Waals surface area contributed by atoms with E-state index in [4.69, 9.17) is 14.2 Å². The number of nitrogens with one attached hydrogen (secondary N) is 1. The van der Waals surface area contributed by atoms with Crippen molar-refractivity contribution in [2.75, 3.05) is 33.4 Å². The van der Waals surface area contributed by atoms with Crippen LogP contribution in [0.2, 0.25) is 0 Å². The van der Waals surface area contributed by atoms with Crippen molar-refractivity contribution in [2.45, 2.75) is 12.5 Å². The molecule has 0 saturated carbocycles. The van der Waals surface area contributed by atoms with E-state index in [1.807, 2.05) is 12.1 Å². The van der Waals surface area contributed by atoms with Gasteiger partial charge in [-0.05, 0) is 29.6 Å². The Morgan fingerprint density at radius 2 is 2.32 bits per heavy atom. The standard InChI is InChI=1S/C17H21NO3S/c1-19-14-4-5-17(21-12-15-11-18-6-7-20-15)13(9-14)10-16-3-2-8-22-16/h2-5,8-9,15,18H,6-7,10-12H2,1H3. The third kappa shape index (κ3) is 4.00. The van der Waals surface area contributed by atoms with Crippen molar-refractivity contribution in [3.8, 4) is 11.5 Å². The molecule has 4 nitrogen and oxygen atoms in total. The second kappa shape index (κ2) is 7.63. The number of ether oxygens (including phenoxy) is 3. The number of morpholine rings is 1. The lowest BCUT2D eigenvalue weighted by molar-refractivity contribution is 0.0000265. The highest BCUT2D eigenvalue weighted by Gasteiger charge is 2.15. The molecule has 5 heteroatoms. The van der Waals surface area contributed by atoms with Gasteiger partial charge in [-0.15, -0.1) is 11.3 Å². The summed E-state index contributed by atoms with van der Waals surface area (Å²) in [5, 5.41) is 5.41. The fraction of sp³-hybridized carbons (Fsp3) is 0.412. The van der Waals surface area contributed by atoms with E-state index < -0.39 is 0 Å². The molecule has 0 radical (unpaired) electrons. The Bertz CT molecular complexity index is 580. The molecule has 0 spiro atoms. The zero-order valence-electron chi connectivity index (χ0n) is 12.7. The fourth-order valence-electron chi connectivity index (χ4n) is 2.47. The van der Waals surface area contributed by atoms with E-state index in [1.165, 1.54) is 4.88 Å². The van der Waals surface area contributed by atoms with Crippen molar-refractivity contribution in [1.82, 2.24) is 5.32 Å². The molecule has 1 N–H and O–H groups in total. The summed E-state index contributed by atoms with van der Waals surface area (Å²) < 4.78 is 17.0. The number of benzene rings is 1. The Balaban J connectivity index is 1.70. The van der Waals surface area contributed by atoms with E-state index in [0.29, 0.717) is 6.61 Å². The maximum atomic E-state index is 6.01. The van der Waals surface area contributed by atoms with Gasteiger partial charge in [0.1, 0.15) is 24.2 Å². The van der Waals surface area contributed by atoms with Crippen LogP contribution in [0.15, 0.2) is 35.7 Å². The Hall–Kier alpha value is -1.56. The molecule has 1 aliphatic rings. The molecule has 1 saturated heterocycles. The number of hydrogen-bond donors (Lipinski definition) is 1. The van der Waals surface area contributed by atoms with Crippen LogP contribution in [-0.2, 0) is 11.2 Å². The third-order valence-corrected chi connectivity index (χ3v) is 4.52. The summed E-state index contributed by atoms with van der Waals surface area (Å²) in [6.07, 6.45) is 0.971. The molecule has 3 rings (SSSR count). The smallest absolute Gasteiger partial charge is 0.123 e. The number of rotatable bonds is 6. The van der Waals surface area contributed by atoms with Gasteiger partial charge in [0.2, 0.25) is 0 Å². The van der Waals surface area contributed by atoms with Crippen LogP contribution >= 0.6 is 11.3 Å². The third-order valence-electron chi connectivity index (χ3n) is 3.64. The average Bonchev–Trinajstić information content (AvgIpc) is 3.07. The summed E-state index contributed by atoms with van der Waals surface area (Å²) in [6, 6.07) is 10.2. The monoisotopic (exact) mass is 319 g/mol. The van der Waals surface area contributed by atoms with Gasteiger partial charge in [-0.3, -0.25) is 0 Å². The second-order valence-electron chi connectivity index (χ2n) is 5.24. The number of hydrogen-bond acceptors (Lipinski definition) is 5. The first-order chi connectivity index (χ1) is 10.8. The minimum atomic E-state index is 0.116. The maximum absolute atomic E-state index is 6.01. The molecule has 1 unspecified atom stereocenters. The predicted octanol–water partition coefficient (Wildman–Crippen LogP) is 2.71.